The van der Waals surface area contributed by atoms with E-state index in [1.807, 2.05) is 6.92 Å². The first-order valence-corrected chi connectivity index (χ1v) is 2.52. The summed E-state index contributed by atoms with van der Waals surface area (Å²) in [5, 5.41) is 0. The van der Waals surface area contributed by atoms with Crippen LogP contribution in [0.4, 0.5) is 0 Å². The van der Waals surface area contributed by atoms with Gasteiger partial charge in [-0.2, -0.15) is 0 Å². The van der Waals surface area contributed by atoms with Crippen molar-refractivity contribution in [3.63, 3.8) is 0 Å². The molecule has 0 unspecified atom stereocenters. The second-order valence-corrected chi connectivity index (χ2v) is 1.40. The SMILES string of the molecule is CCCC(=O)OS.[H-].[Na+]. The van der Waals surface area contributed by atoms with Crippen molar-refractivity contribution in [2.24, 2.45) is 0 Å². The Morgan fingerprint density at radius 2 is 2.38 bits per heavy atom. The van der Waals surface area contributed by atoms with Crippen molar-refractivity contribution in [2.75, 3.05) is 0 Å². The number of hydrogen-bond acceptors (Lipinski definition) is 3. The van der Waals surface area contributed by atoms with Crippen LogP contribution in [0, 0.1) is 0 Å². The smallest absolute Gasteiger partial charge is 1.00 e. The molecule has 2 nitrogen and oxygen atoms in total. The van der Waals surface area contributed by atoms with Gasteiger partial charge in [0.25, 0.3) is 0 Å². The van der Waals surface area contributed by atoms with Crippen molar-refractivity contribution in [3.8, 4) is 0 Å². The average molecular weight is 144 g/mol. The molecule has 0 spiro atoms. The zero-order valence-corrected chi connectivity index (χ0v) is 8.07. The van der Waals surface area contributed by atoms with E-state index in [2.05, 4.69) is 17.1 Å². The molecule has 0 fully saturated rings. The molecule has 0 aromatic rings. The van der Waals surface area contributed by atoms with Crippen LogP contribution in [-0.2, 0) is 8.98 Å². The van der Waals surface area contributed by atoms with E-state index in [9.17, 15) is 4.79 Å². The van der Waals surface area contributed by atoms with E-state index in [0.717, 1.165) is 6.42 Å². The zero-order valence-electron chi connectivity index (χ0n) is 6.18. The second kappa shape index (κ2) is 7.82. The van der Waals surface area contributed by atoms with Gasteiger partial charge in [-0.3, -0.25) is 4.79 Å². The molecule has 0 heterocycles. The van der Waals surface area contributed by atoms with Gasteiger partial charge in [0, 0.05) is 19.3 Å². The number of hydrogen-bond donors (Lipinski definition) is 1. The molecule has 0 aromatic heterocycles. The topological polar surface area (TPSA) is 26.3 Å². The molecule has 0 amide bonds. The predicted molar refractivity (Wildman–Crippen MR) is 31.1 cm³/mol. The van der Waals surface area contributed by atoms with Crippen molar-refractivity contribution in [2.45, 2.75) is 19.8 Å². The molecule has 0 aliphatic carbocycles. The molecule has 0 saturated heterocycles. The fraction of sp³-hybridized carbons (Fsp3) is 0.750. The number of carbonyl (C=O) groups is 1. The van der Waals surface area contributed by atoms with E-state index in [4.69, 9.17) is 0 Å². The van der Waals surface area contributed by atoms with Crippen LogP contribution in [-0.4, -0.2) is 5.97 Å². The first-order valence-electron chi connectivity index (χ1n) is 2.15. The van der Waals surface area contributed by atoms with Gasteiger partial charge in [-0.1, -0.05) is 6.92 Å². The number of thiol groups is 1. The first kappa shape index (κ1) is 11.6. The van der Waals surface area contributed by atoms with Crippen molar-refractivity contribution < 1.29 is 40.0 Å². The molecule has 0 aliphatic heterocycles. The molecule has 0 aromatic carbocycles. The zero-order chi connectivity index (χ0) is 5.70. The Labute approximate surface area is 78.4 Å². The maximum absolute atomic E-state index is 10.1. The summed E-state index contributed by atoms with van der Waals surface area (Å²) in [6, 6.07) is 0. The summed E-state index contributed by atoms with van der Waals surface area (Å²) in [4.78, 5) is 10.1. The van der Waals surface area contributed by atoms with Crippen LogP contribution in [0.2, 0.25) is 0 Å². The minimum atomic E-state index is -0.258. The third-order valence-electron chi connectivity index (χ3n) is 0.556. The molecular weight excluding hydrogens is 135 g/mol. The summed E-state index contributed by atoms with van der Waals surface area (Å²) < 4.78 is 4.05. The van der Waals surface area contributed by atoms with Crippen LogP contribution in [0.3, 0.4) is 0 Å². The Morgan fingerprint density at radius 1 is 1.88 bits per heavy atom. The van der Waals surface area contributed by atoms with Gasteiger partial charge >= 0.3 is 35.5 Å². The van der Waals surface area contributed by atoms with E-state index in [1.54, 1.807) is 0 Å². The fourth-order valence-corrected chi connectivity index (χ4v) is 0.341. The number of carbonyl (C=O) groups excluding carboxylic acids is 1. The monoisotopic (exact) mass is 144 g/mol. The van der Waals surface area contributed by atoms with Gasteiger partial charge in [0.15, 0.2) is 0 Å². The quantitative estimate of drug-likeness (QED) is 0.284. The molecule has 0 saturated carbocycles. The predicted octanol–water partition coefficient (Wildman–Crippen LogP) is -1.71. The summed E-state index contributed by atoms with van der Waals surface area (Å²) in [7, 11) is 0. The maximum Gasteiger partial charge on any atom is 1.00 e. The standard InChI is InChI=1S/C4H8O2S.Na.H/c1-2-3-4(5)6-7;;/h7H,2-3H2,1H3;;/q;+1;-1. The van der Waals surface area contributed by atoms with Gasteiger partial charge in [0.2, 0.25) is 0 Å². The van der Waals surface area contributed by atoms with E-state index >= 15 is 0 Å². The number of rotatable bonds is 2. The molecule has 0 aliphatic rings. The maximum atomic E-state index is 10.1. The van der Waals surface area contributed by atoms with E-state index in [-0.39, 0.29) is 37.0 Å². The average Bonchev–Trinajstić information content (AvgIpc) is 1.68. The molecule has 8 heavy (non-hydrogen) atoms. The largest absolute Gasteiger partial charge is 1.00 e. The third-order valence-corrected chi connectivity index (χ3v) is 0.760. The molecule has 0 N–H and O–H groups in total. The molecule has 0 radical (unpaired) electrons. The van der Waals surface area contributed by atoms with Gasteiger partial charge in [-0.25, -0.2) is 0 Å². The van der Waals surface area contributed by atoms with Gasteiger partial charge in [-0.05, 0) is 6.42 Å². The summed E-state index contributed by atoms with van der Waals surface area (Å²) >= 11 is 3.30. The molecule has 44 valence electrons. The minimum Gasteiger partial charge on any atom is -1.00 e. The second-order valence-electron chi connectivity index (χ2n) is 1.21. The Hall–Kier alpha value is 0.820. The molecule has 0 rings (SSSR count). The fourth-order valence-electron chi connectivity index (χ4n) is 0.250. The van der Waals surface area contributed by atoms with Gasteiger partial charge in [-0.15, -0.1) is 0 Å². The van der Waals surface area contributed by atoms with Crippen molar-refractivity contribution >= 4 is 18.9 Å². The van der Waals surface area contributed by atoms with Gasteiger partial charge in [0.05, 0.1) is 0 Å². The molecule has 4 heteroatoms. The Balaban J connectivity index is -0.000000180. The van der Waals surface area contributed by atoms with E-state index in [0.29, 0.717) is 6.42 Å². The Kier molecular flexibility index (Phi) is 11.3. The van der Waals surface area contributed by atoms with Crippen LogP contribution >= 0.6 is 12.9 Å². The summed E-state index contributed by atoms with van der Waals surface area (Å²) in [5.41, 5.74) is 0. The van der Waals surface area contributed by atoms with Crippen molar-refractivity contribution in [3.05, 3.63) is 0 Å². The molecular formula is C4H9NaO2S. The van der Waals surface area contributed by atoms with Crippen LogP contribution in [0.1, 0.15) is 21.2 Å². The minimum absolute atomic E-state index is 0. The van der Waals surface area contributed by atoms with E-state index in [1.165, 1.54) is 0 Å². The van der Waals surface area contributed by atoms with Crippen LogP contribution < -0.4 is 29.6 Å². The molecule has 0 bridgehead atoms. The Morgan fingerprint density at radius 3 is 2.50 bits per heavy atom. The first-order chi connectivity index (χ1) is 3.31. The Bertz CT molecular complexity index is 71.6. The van der Waals surface area contributed by atoms with E-state index < -0.39 is 0 Å². The van der Waals surface area contributed by atoms with Crippen LogP contribution in [0.25, 0.3) is 0 Å². The van der Waals surface area contributed by atoms with Gasteiger partial charge in [0.1, 0.15) is 0 Å². The van der Waals surface area contributed by atoms with Crippen LogP contribution in [0.15, 0.2) is 0 Å². The summed E-state index contributed by atoms with van der Waals surface area (Å²) in [6.07, 6.45) is 1.28. The molecule has 0 atom stereocenters. The van der Waals surface area contributed by atoms with Gasteiger partial charge < -0.3 is 5.61 Å². The summed E-state index contributed by atoms with van der Waals surface area (Å²) in [5.74, 6) is -0.258. The normalized spacial score (nSPS) is 7.25. The van der Waals surface area contributed by atoms with Crippen molar-refractivity contribution in [1.82, 2.24) is 0 Å². The van der Waals surface area contributed by atoms with Crippen LogP contribution in [0.5, 0.6) is 0 Å². The summed E-state index contributed by atoms with van der Waals surface area (Å²) in [6.45, 7) is 1.91. The third kappa shape index (κ3) is 6.82. The van der Waals surface area contributed by atoms with Crippen molar-refractivity contribution in [1.29, 1.82) is 0 Å².